The number of carbonyl (C=O) groups excluding carboxylic acids is 1. The van der Waals surface area contributed by atoms with Crippen molar-refractivity contribution in [3.63, 3.8) is 0 Å². The molecule has 0 spiro atoms. The fourth-order valence-electron chi connectivity index (χ4n) is 3.15. The van der Waals surface area contributed by atoms with Crippen LogP contribution in [-0.4, -0.2) is 27.2 Å². The summed E-state index contributed by atoms with van der Waals surface area (Å²) in [6.07, 6.45) is 0.113. The number of aliphatic hydroxyl groups is 1. The molecule has 8 heteroatoms. The molecular weight excluding hydrogens is 409 g/mol. The number of hydrogen-bond donors (Lipinski definition) is 2. The van der Waals surface area contributed by atoms with E-state index in [2.05, 4.69) is 10.3 Å². The molecule has 6 nitrogen and oxygen atoms in total. The monoisotopic (exact) mass is 429 g/mol. The van der Waals surface area contributed by atoms with Crippen LogP contribution in [0.1, 0.15) is 16.8 Å². The van der Waals surface area contributed by atoms with Crippen LogP contribution in [0.3, 0.4) is 0 Å². The summed E-state index contributed by atoms with van der Waals surface area (Å²) < 4.78 is 15.3. The molecule has 0 saturated heterocycles. The third-order valence-electron chi connectivity index (χ3n) is 4.61. The van der Waals surface area contributed by atoms with Gasteiger partial charge in [-0.1, -0.05) is 29.8 Å². The summed E-state index contributed by atoms with van der Waals surface area (Å²) in [4.78, 5) is 30.2. The lowest BCUT2D eigenvalue weighted by molar-refractivity contribution is -0.116. The fourth-order valence-corrected chi connectivity index (χ4v) is 3.34. The summed E-state index contributed by atoms with van der Waals surface area (Å²) >= 11 is 6.08. The Kier molecular flexibility index (Phi) is 6.64. The molecule has 2 aromatic carbocycles. The SMILES string of the molecule is Cc1ccc(NC(=O)Cn2c(-c3cccc(Cl)c3)nc(C)c(CCO)c2=O)c(F)c1. The van der Waals surface area contributed by atoms with E-state index < -0.39 is 17.3 Å². The van der Waals surface area contributed by atoms with Gasteiger partial charge in [-0.3, -0.25) is 14.2 Å². The van der Waals surface area contributed by atoms with Gasteiger partial charge in [-0.15, -0.1) is 0 Å². The molecule has 0 saturated carbocycles. The first-order valence-corrected chi connectivity index (χ1v) is 9.71. The number of aryl methyl sites for hydroxylation is 2. The Morgan fingerprint density at radius 1 is 1.23 bits per heavy atom. The van der Waals surface area contributed by atoms with Crippen LogP contribution in [-0.2, 0) is 17.8 Å². The number of carbonyl (C=O) groups is 1. The predicted octanol–water partition coefficient (Wildman–Crippen LogP) is 3.49. The molecule has 1 amide bonds. The topological polar surface area (TPSA) is 84.2 Å². The lowest BCUT2D eigenvalue weighted by Gasteiger charge is -2.16. The van der Waals surface area contributed by atoms with Crippen molar-refractivity contribution in [1.82, 2.24) is 9.55 Å². The number of aromatic nitrogens is 2. The van der Waals surface area contributed by atoms with E-state index in [-0.39, 0.29) is 31.1 Å². The summed E-state index contributed by atoms with van der Waals surface area (Å²) in [5.41, 5.74) is 1.65. The highest BCUT2D eigenvalue weighted by molar-refractivity contribution is 6.30. The molecule has 0 fully saturated rings. The molecule has 0 unspecified atom stereocenters. The van der Waals surface area contributed by atoms with Gasteiger partial charge in [0.15, 0.2) is 0 Å². The molecule has 0 aliphatic carbocycles. The van der Waals surface area contributed by atoms with Gasteiger partial charge >= 0.3 is 0 Å². The molecule has 0 aliphatic heterocycles. The van der Waals surface area contributed by atoms with Crippen molar-refractivity contribution in [2.45, 2.75) is 26.8 Å². The molecule has 3 aromatic rings. The Balaban J connectivity index is 2.03. The second-order valence-electron chi connectivity index (χ2n) is 6.91. The normalized spacial score (nSPS) is 10.8. The fraction of sp³-hybridized carbons (Fsp3) is 0.227. The zero-order valence-corrected chi connectivity index (χ0v) is 17.3. The van der Waals surface area contributed by atoms with E-state index in [0.717, 1.165) is 5.56 Å². The first-order chi connectivity index (χ1) is 14.3. The second kappa shape index (κ2) is 9.19. The van der Waals surface area contributed by atoms with Crippen LogP contribution in [0.15, 0.2) is 47.3 Å². The number of amides is 1. The van der Waals surface area contributed by atoms with Crippen LogP contribution in [0.25, 0.3) is 11.4 Å². The van der Waals surface area contributed by atoms with Gasteiger partial charge in [0.2, 0.25) is 5.91 Å². The molecule has 1 heterocycles. The van der Waals surface area contributed by atoms with Crippen LogP contribution in [0.2, 0.25) is 5.02 Å². The highest BCUT2D eigenvalue weighted by Gasteiger charge is 2.18. The molecule has 0 atom stereocenters. The van der Waals surface area contributed by atoms with E-state index in [1.807, 2.05) is 0 Å². The standard InChI is InChI=1S/C22H21ClFN3O3/c1-13-6-7-19(18(24)10-13)26-20(29)12-27-21(15-4-3-5-16(23)11-15)25-14(2)17(8-9-28)22(27)30/h3-7,10-11,28H,8-9,12H2,1-2H3,(H,26,29). The third-order valence-corrected chi connectivity index (χ3v) is 4.85. The van der Waals surface area contributed by atoms with Crippen LogP contribution < -0.4 is 10.9 Å². The van der Waals surface area contributed by atoms with Gasteiger partial charge in [-0.25, -0.2) is 9.37 Å². The lowest BCUT2D eigenvalue weighted by Crippen LogP contribution is -2.33. The van der Waals surface area contributed by atoms with Crippen LogP contribution >= 0.6 is 11.6 Å². The number of nitrogens with zero attached hydrogens (tertiary/aromatic N) is 2. The Morgan fingerprint density at radius 2 is 2.00 bits per heavy atom. The Morgan fingerprint density at radius 3 is 2.67 bits per heavy atom. The van der Waals surface area contributed by atoms with Gasteiger partial charge in [0, 0.05) is 34.9 Å². The van der Waals surface area contributed by atoms with E-state index in [1.54, 1.807) is 44.2 Å². The van der Waals surface area contributed by atoms with E-state index in [9.17, 15) is 19.1 Å². The molecule has 3 rings (SSSR count). The van der Waals surface area contributed by atoms with E-state index in [1.165, 1.54) is 16.7 Å². The molecule has 0 bridgehead atoms. The molecule has 156 valence electrons. The molecule has 1 aromatic heterocycles. The number of hydrogen-bond acceptors (Lipinski definition) is 4. The minimum Gasteiger partial charge on any atom is -0.396 e. The van der Waals surface area contributed by atoms with Crippen LogP contribution in [0, 0.1) is 19.7 Å². The molecular formula is C22H21ClFN3O3. The van der Waals surface area contributed by atoms with Crippen molar-refractivity contribution in [2.75, 3.05) is 11.9 Å². The number of rotatable bonds is 6. The van der Waals surface area contributed by atoms with Gasteiger partial charge in [0.25, 0.3) is 5.56 Å². The summed E-state index contributed by atoms with van der Waals surface area (Å²) in [6.45, 7) is 2.81. The maximum absolute atomic E-state index is 14.1. The number of nitrogens with one attached hydrogen (secondary N) is 1. The average molecular weight is 430 g/mol. The zero-order valence-electron chi connectivity index (χ0n) is 16.6. The van der Waals surface area contributed by atoms with Crippen molar-refractivity contribution in [3.05, 3.63) is 80.5 Å². The Labute approximate surface area is 178 Å². The summed E-state index contributed by atoms with van der Waals surface area (Å²) in [6, 6.07) is 11.2. The average Bonchev–Trinajstić information content (AvgIpc) is 2.69. The number of anilines is 1. The molecule has 2 N–H and O–H groups in total. The number of benzene rings is 2. The first kappa shape index (κ1) is 21.7. The van der Waals surface area contributed by atoms with Gasteiger partial charge in [-0.05, 0) is 43.7 Å². The number of aliphatic hydroxyl groups excluding tert-OH is 1. The van der Waals surface area contributed by atoms with Crippen molar-refractivity contribution >= 4 is 23.2 Å². The van der Waals surface area contributed by atoms with E-state index in [0.29, 0.717) is 21.8 Å². The van der Waals surface area contributed by atoms with Crippen molar-refractivity contribution in [2.24, 2.45) is 0 Å². The zero-order chi connectivity index (χ0) is 21.8. The second-order valence-corrected chi connectivity index (χ2v) is 7.34. The minimum atomic E-state index is -0.580. The maximum atomic E-state index is 14.1. The van der Waals surface area contributed by atoms with E-state index >= 15 is 0 Å². The smallest absolute Gasteiger partial charge is 0.257 e. The van der Waals surface area contributed by atoms with Gasteiger partial charge in [-0.2, -0.15) is 0 Å². The predicted molar refractivity (Wildman–Crippen MR) is 114 cm³/mol. The molecule has 0 aliphatic rings. The van der Waals surface area contributed by atoms with Crippen molar-refractivity contribution in [1.29, 1.82) is 0 Å². The lowest BCUT2D eigenvalue weighted by atomic mass is 10.1. The van der Waals surface area contributed by atoms with E-state index in [4.69, 9.17) is 11.6 Å². The molecule has 0 radical (unpaired) electrons. The highest BCUT2D eigenvalue weighted by Crippen LogP contribution is 2.22. The van der Waals surface area contributed by atoms with Gasteiger partial charge in [0.1, 0.15) is 18.2 Å². The quantitative estimate of drug-likeness (QED) is 0.628. The molecule has 30 heavy (non-hydrogen) atoms. The van der Waals surface area contributed by atoms with Gasteiger partial charge in [0.05, 0.1) is 5.69 Å². The van der Waals surface area contributed by atoms with Crippen LogP contribution in [0.4, 0.5) is 10.1 Å². The number of halogens is 2. The minimum absolute atomic E-state index is 0.0265. The highest BCUT2D eigenvalue weighted by atomic mass is 35.5. The Bertz CT molecular complexity index is 1160. The Hall–Kier alpha value is -3.03. The van der Waals surface area contributed by atoms with Crippen LogP contribution in [0.5, 0.6) is 0 Å². The summed E-state index contributed by atoms with van der Waals surface area (Å²) in [5, 5.41) is 12.2. The van der Waals surface area contributed by atoms with Gasteiger partial charge < -0.3 is 10.4 Å². The first-order valence-electron chi connectivity index (χ1n) is 9.33. The van der Waals surface area contributed by atoms with Crippen molar-refractivity contribution in [3.8, 4) is 11.4 Å². The summed E-state index contributed by atoms with van der Waals surface area (Å²) in [7, 11) is 0. The maximum Gasteiger partial charge on any atom is 0.257 e. The summed E-state index contributed by atoms with van der Waals surface area (Å²) in [5.74, 6) is -0.876. The third kappa shape index (κ3) is 4.75. The largest absolute Gasteiger partial charge is 0.396 e. The van der Waals surface area contributed by atoms with Crippen molar-refractivity contribution < 1.29 is 14.3 Å².